The number of nitrogens with zero attached hydrogens (tertiary/aromatic N) is 1. The summed E-state index contributed by atoms with van der Waals surface area (Å²) < 4.78 is 61.3. The quantitative estimate of drug-likeness (QED) is 0.568. The SMILES string of the molecule is Cc1ccc(C(CNS(=O)(=O)c2ccc(S(=O)(=O)NC3CC3)cc2)N2CCOCC2)cc1. The smallest absolute Gasteiger partial charge is 0.240 e. The van der Waals surface area contributed by atoms with Crippen LogP contribution in [0.2, 0.25) is 0 Å². The summed E-state index contributed by atoms with van der Waals surface area (Å²) in [5.74, 6) is 0. The summed E-state index contributed by atoms with van der Waals surface area (Å²) in [6.07, 6.45) is 1.67. The minimum Gasteiger partial charge on any atom is -0.379 e. The summed E-state index contributed by atoms with van der Waals surface area (Å²) >= 11 is 0. The van der Waals surface area contributed by atoms with Crippen molar-refractivity contribution in [1.82, 2.24) is 14.3 Å². The first-order valence-electron chi connectivity index (χ1n) is 10.7. The third kappa shape index (κ3) is 5.75. The second kappa shape index (κ2) is 9.58. The number of hydrogen-bond donors (Lipinski definition) is 2. The van der Waals surface area contributed by atoms with Gasteiger partial charge in [-0.15, -0.1) is 0 Å². The third-order valence-corrected chi connectivity index (χ3v) is 8.73. The predicted molar refractivity (Wildman–Crippen MR) is 121 cm³/mol. The van der Waals surface area contributed by atoms with Crippen molar-refractivity contribution in [2.45, 2.75) is 41.6 Å². The molecule has 0 bridgehead atoms. The fourth-order valence-corrected chi connectivity index (χ4v) is 6.04. The molecule has 1 atom stereocenters. The van der Waals surface area contributed by atoms with E-state index in [2.05, 4.69) is 14.3 Å². The zero-order valence-corrected chi connectivity index (χ0v) is 19.7. The van der Waals surface area contributed by atoms with Gasteiger partial charge in [0.05, 0.1) is 23.0 Å². The van der Waals surface area contributed by atoms with Gasteiger partial charge in [-0.25, -0.2) is 26.3 Å². The molecule has 1 aliphatic heterocycles. The highest BCUT2D eigenvalue weighted by Gasteiger charge is 2.29. The van der Waals surface area contributed by atoms with Gasteiger partial charge in [-0.05, 0) is 49.6 Å². The highest BCUT2D eigenvalue weighted by atomic mass is 32.2. The lowest BCUT2D eigenvalue weighted by Gasteiger charge is -2.35. The molecule has 2 N–H and O–H groups in total. The van der Waals surface area contributed by atoms with Gasteiger partial charge in [0.15, 0.2) is 0 Å². The lowest BCUT2D eigenvalue weighted by molar-refractivity contribution is 0.0172. The molecule has 174 valence electrons. The van der Waals surface area contributed by atoms with Crippen molar-refractivity contribution in [3.8, 4) is 0 Å². The molecule has 0 amide bonds. The van der Waals surface area contributed by atoms with E-state index >= 15 is 0 Å². The summed E-state index contributed by atoms with van der Waals surface area (Å²) in [6, 6.07) is 13.3. The van der Waals surface area contributed by atoms with Crippen molar-refractivity contribution in [2.24, 2.45) is 0 Å². The van der Waals surface area contributed by atoms with Crippen molar-refractivity contribution < 1.29 is 21.6 Å². The predicted octanol–water partition coefficient (Wildman–Crippen LogP) is 1.79. The topological polar surface area (TPSA) is 105 Å². The number of ether oxygens (including phenoxy) is 1. The van der Waals surface area contributed by atoms with Crippen LogP contribution >= 0.6 is 0 Å². The fraction of sp³-hybridized carbons (Fsp3) is 0.455. The van der Waals surface area contributed by atoms with E-state index in [0.717, 1.165) is 37.1 Å². The minimum absolute atomic E-state index is 0.0102. The van der Waals surface area contributed by atoms with Gasteiger partial charge in [-0.3, -0.25) is 4.90 Å². The molecule has 1 saturated heterocycles. The molecule has 2 aromatic rings. The highest BCUT2D eigenvalue weighted by Crippen LogP contribution is 2.24. The number of hydrogen-bond acceptors (Lipinski definition) is 6. The maximum absolute atomic E-state index is 12.9. The van der Waals surface area contributed by atoms with E-state index < -0.39 is 20.0 Å². The summed E-state index contributed by atoms with van der Waals surface area (Å²) in [6.45, 7) is 4.89. The number of aryl methyl sites for hydroxylation is 1. The molecule has 8 nitrogen and oxygen atoms in total. The Morgan fingerprint density at radius 3 is 2.03 bits per heavy atom. The normalized spacial score (nSPS) is 19.0. The van der Waals surface area contributed by atoms with Gasteiger partial charge < -0.3 is 4.74 Å². The van der Waals surface area contributed by atoms with Gasteiger partial charge in [0.2, 0.25) is 20.0 Å². The number of rotatable bonds is 9. The van der Waals surface area contributed by atoms with Crippen molar-refractivity contribution in [2.75, 3.05) is 32.8 Å². The van der Waals surface area contributed by atoms with Crippen LogP contribution in [0.5, 0.6) is 0 Å². The Morgan fingerprint density at radius 2 is 1.47 bits per heavy atom. The van der Waals surface area contributed by atoms with Gasteiger partial charge in [0.25, 0.3) is 0 Å². The number of morpholine rings is 1. The molecule has 1 saturated carbocycles. The van der Waals surface area contributed by atoms with Crippen LogP contribution in [0.4, 0.5) is 0 Å². The van der Waals surface area contributed by atoms with Crippen LogP contribution in [0, 0.1) is 6.92 Å². The first kappa shape index (κ1) is 23.3. The van der Waals surface area contributed by atoms with Gasteiger partial charge >= 0.3 is 0 Å². The van der Waals surface area contributed by atoms with Crippen LogP contribution in [-0.2, 0) is 24.8 Å². The fourth-order valence-electron chi connectivity index (χ4n) is 3.69. The standard InChI is InChI=1S/C22H29N3O5S2/c1-17-2-4-18(5-3-17)22(25-12-14-30-15-13-25)16-23-31(26,27)20-8-10-21(11-9-20)32(28,29)24-19-6-7-19/h2-5,8-11,19,22-24H,6-7,12-16H2,1H3. The second-order valence-electron chi connectivity index (χ2n) is 8.29. The van der Waals surface area contributed by atoms with E-state index in [-0.39, 0.29) is 28.4 Å². The summed E-state index contributed by atoms with van der Waals surface area (Å²) in [4.78, 5) is 2.32. The molecule has 1 unspecified atom stereocenters. The van der Waals surface area contributed by atoms with Gasteiger partial charge in [-0.2, -0.15) is 0 Å². The molecule has 1 heterocycles. The van der Waals surface area contributed by atoms with Crippen molar-refractivity contribution >= 4 is 20.0 Å². The molecule has 2 fully saturated rings. The first-order valence-corrected chi connectivity index (χ1v) is 13.7. The maximum atomic E-state index is 12.9. The first-order chi connectivity index (χ1) is 15.2. The van der Waals surface area contributed by atoms with Crippen LogP contribution in [-0.4, -0.2) is 60.6 Å². The summed E-state index contributed by atoms with van der Waals surface area (Å²) in [5, 5.41) is 0. The molecule has 1 aliphatic carbocycles. The van der Waals surface area contributed by atoms with Crippen LogP contribution in [0.25, 0.3) is 0 Å². The Bertz CT molecular complexity index is 1120. The van der Waals surface area contributed by atoms with E-state index in [9.17, 15) is 16.8 Å². The molecule has 0 aromatic heterocycles. The average Bonchev–Trinajstić information content (AvgIpc) is 3.59. The lowest BCUT2D eigenvalue weighted by atomic mass is 10.0. The largest absolute Gasteiger partial charge is 0.379 e. The third-order valence-electron chi connectivity index (χ3n) is 5.76. The summed E-state index contributed by atoms with van der Waals surface area (Å²) in [5.41, 5.74) is 2.18. The monoisotopic (exact) mass is 479 g/mol. The number of benzene rings is 2. The molecule has 4 rings (SSSR count). The van der Waals surface area contributed by atoms with Crippen molar-refractivity contribution in [1.29, 1.82) is 0 Å². The molecular formula is C22H29N3O5S2. The Morgan fingerprint density at radius 1 is 0.906 bits per heavy atom. The zero-order chi connectivity index (χ0) is 22.8. The molecule has 32 heavy (non-hydrogen) atoms. The summed E-state index contributed by atoms with van der Waals surface area (Å²) in [7, 11) is -7.43. The number of nitrogens with one attached hydrogen (secondary N) is 2. The second-order valence-corrected chi connectivity index (χ2v) is 11.8. The van der Waals surface area contributed by atoms with Gasteiger partial charge in [-0.1, -0.05) is 29.8 Å². The minimum atomic E-state index is -3.81. The molecule has 0 radical (unpaired) electrons. The van der Waals surface area contributed by atoms with Crippen LogP contribution in [0.3, 0.4) is 0 Å². The van der Waals surface area contributed by atoms with Gasteiger partial charge in [0, 0.05) is 31.7 Å². The van der Waals surface area contributed by atoms with E-state index in [1.54, 1.807) is 0 Å². The van der Waals surface area contributed by atoms with Gasteiger partial charge in [0.1, 0.15) is 0 Å². The molecule has 2 aromatic carbocycles. The van der Waals surface area contributed by atoms with Crippen molar-refractivity contribution in [3.05, 3.63) is 59.7 Å². The Kier molecular flexibility index (Phi) is 6.99. The molecule has 2 aliphatic rings. The van der Waals surface area contributed by atoms with E-state index in [0.29, 0.717) is 13.2 Å². The Labute approximate surface area is 190 Å². The van der Waals surface area contributed by atoms with Crippen LogP contribution < -0.4 is 9.44 Å². The van der Waals surface area contributed by atoms with E-state index in [1.807, 2.05) is 31.2 Å². The van der Waals surface area contributed by atoms with E-state index in [4.69, 9.17) is 4.74 Å². The Hall–Kier alpha value is -1.82. The van der Waals surface area contributed by atoms with Crippen LogP contribution in [0.1, 0.15) is 30.0 Å². The lowest BCUT2D eigenvalue weighted by Crippen LogP contribution is -2.43. The zero-order valence-electron chi connectivity index (χ0n) is 18.0. The average molecular weight is 480 g/mol. The molecule has 10 heteroatoms. The Balaban J connectivity index is 1.48. The van der Waals surface area contributed by atoms with E-state index in [1.165, 1.54) is 24.3 Å². The molecular weight excluding hydrogens is 450 g/mol. The van der Waals surface area contributed by atoms with Crippen LogP contribution in [0.15, 0.2) is 58.3 Å². The number of sulfonamides is 2. The molecule has 0 spiro atoms. The highest BCUT2D eigenvalue weighted by molar-refractivity contribution is 7.90. The maximum Gasteiger partial charge on any atom is 0.240 e. The van der Waals surface area contributed by atoms with Crippen molar-refractivity contribution in [3.63, 3.8) is 0 Å².